The molecule has 1 saturated carbocycles. The predicted molar refractivity (Wildman–Crippen MR) is 161 cm³/mol. The van der Waals surface area contributed by atoms with Crippen LogP contribution in [0.4, 0.5) is 5.69 Å². The van der Waals surface area contributed by atoms with Gasteiger partial charge in [-0.1, -0.05) is 50.9 Å². The number of anilines is 1. The number of fused-ring (bicyclic) bond motifs is 2. The van der Waals surface area contributed by atoms with E-state index < -0.39 is 0 Å². The third-order valence-corrected chi connectivity index (χ3v) is 9.24. The second-order valence-electron chi connectivity index (χ2n) is 11.2. The van der Waals surface area contributed by atoms with Crippen molar-refractivity contribution in [3.8, 4) is 0 Å². The highest BCUT2D eigenvalue weighted by molar-refractivity contribution is 6.33. The number of nitrogens with two attached hydrogens (primary N) is 1. The van der Waals surface area contributed by atoms with Crippen LogP contribution < -0.4 is 11.1 Å². The predicted octanol–water partition coefficient (Wildman–Crippen LogP) is 7.13. The van der Waals surface area contributed by atoms with Crippen LogP contribution in [0.5, 0.6) is 0 Å². The van der Waals surface area contributed by atoms with Crippen LogP contribution in [0.1, 0.15) is 69.1 Å². The molecule has 2 atom stereocenters. The van der Waals surface area contributed by atoms with Gasteiger partial charge in [-0.05, 0) is 73.5 Å². The minimum absolute atomic E-state index is 0.255. The summed E-state index contributed by atoms with van der Waals surface area (Å²) in [5.74, 6) is 2.42. The average molecular weight is 528 g/mol. The topological polar surface area (TPSA) is 50.5 Å². The van der Waals surface area contributed by atoms with Gasteiger partial charge in [0.15, 0.2) is 0 Å². The van der Waals surface area contributed by atoms with E-state index in [0.29, 0.717) is 5.02 Å². The summed E-state index contributed by atoms with van der Waals surface area (Å²) in [5.41, 5.74) is 12.1. The van der Waals surface area contributed by atoms with Crippen molar-refractivity contribution in [1.29, 1.82) is 0 Å². The van der Waals surface area contributed by atoms with Gasteiger partial charge in [0, 0.05) is 56.1 Å². The van der Waals surface area contributed by atoms with Crippen LogP contribution in [0, 0.1) is 23.2 Å². The number of ether oxygens (including phenoxy) is 1. The molecule has 206 valence electrons. The largest absolute Gasteiger partial charge is 0.397 e. The minimum atomic E-state index is 0.255. The molecule has 0 spiro atoms. The Kier molecular flexibility index (Phi) is 11.2. The molecule has 3 fully saturated rings. The zero-order valence-electron chi connectivity index (χ0n) is 23.4. The zero-order chi connectivity index (χ0) is 27.0. The Morgan fingerprint density at radius 2 is 1.73 bits per heavy atom. The van der Waals surface area contributed by atoms with Gasteiger partial charge in [-0.3, -0.25) is 0 Å². The van der Waals surface area contributed by atoms with Gasteiger partial charge < -0.3 is 20.7 Å². The molecule has 2 saturated heterocycles. The van der Waals surface area contributed by atoms with E-state index in [2.05, 4.69) is 56.5 Å². The third-order valence-electron chi connectivity index (χ3n) is 8.93. The summed E-state index contributed by atoms with van der Waals surface area (Å²) in [5, 5.41) is 4.32. The Labute approximate surface area is 231 Å². The Morgan fingerprint density at radius 1 is 1.14 bits per heavy atom. The number of halogens is 1. The minimum Gasteiger partial charge on any atom is -0.397 e. The first-order chi connectivity index (χ1) is 17.9. The molecule has 4 nitrogen and oxygen atoms in total. The van der Waals surface area contributed by atoms with Gasteiger partial charge in [0.05, 0.1) is 10.7 Å². The van der Waals surface area contributed by atoms with Crippen molar-refractivity contribution < 1.29 is 4.74 Å². The Balaban J connectivity index is 0.000000580. The van der Waals surface area contributed by atoms with E-state index in [1.807, 2.05) is 6.07 Å². The fraction of sp³-hybridized carbons (Fsp3) is 0.625. The molecule has 0 aromatic heterocycles. The molecule has 2 unspecified atom stereocenters. The molecule has 0 radical (unpaired) electrons. The van der Waals surface area contributed by atoms with Gasteiger partial charge in [-0.15, -0.1) is 19.7 Å². The van der Waals surface area contributed by atoms with Gasteiger partial charge >= 0.3 is 0 Å². The lowest BCUT2D eigenvalue weighted by Crippen LogP contribution is -2.40. The summed E-state index contributed by atoms with van der Waals surface area (Å²) in [6.07, 6.45) is 11.6. The Bertz CT molecular complexity index is 909. The highest BCUT2D eigenvalue weighted by atomic mass is 35.5. The van der Waals surface area contributed by atoms with E-state index >= 15 is 0 Å². The number of hydrogen-bond acceptors (Lipinski definition) is 4. The van der Waals surface area contributed by atoms with Gasteiger partial charge in [0.2, 0.25) is 0 Å². The molecule has 1 aromatic rings. The van der Waals surface area contributed by atoms with Crippen molar-refractivity contribution in [3.63, 3.8) is 0 Å². The van der Waals surface area contributed by atoms with Gasteiger partial charge in [0.25, 0.3) is 0 Å². The van der Waals surface area contributed by atoms with Crippen LogP contribution in [-0.4, -0.2) is 44.3 Å². The summed E-state index contributed by atoms with van der Waals surface area (Å²) < 4.78 is 5.58. The number of piperidine rings is 1. The monoisotopic (exact) mass is 527 g/mol. The summed E-state index contributed by atoms with van der Waals surface area (Å²) in [6, 6.07) is 2.02. The Morgan fingerprint density at radius 3 is 2.30 bits per heavy atom. The molecular weight excluding hydrogens is 478 g/mol. The Hall–Kier alpha value is -1.75. The molecule has 2 heterocycles. The van der Waals surface area contributed by atoms with Crippen LogP contribution in [0.3, 0.4) is 0 Å². The molecule has 0 amide bonds. The summed E-state index contributed by atoms with van der Waals surface area (Å²) >= 11 is 6.45. The number of hydrogen-bond donors (Lipinski definition) is 2. The van der Waals surface area contributed by atoms with E-state index in [1.165, 1.54) is 55.5 Å². The van der Waals surface area contributed by atoms with Gasteiger partial charge in [-0.25, -0.2) is 0 Å². The van der Waals surface area contributed by atoms with Crippen LogP contribution in [0.2, 0.25) is 5.02 Å². The van der Waals surface area contributed by atoms with Crippen LogP contribution in [0.25, 0.3) is 5.70 Å². The zero-order valence-corrected chi connectivity index (χ0v) is 24.2. The highest BCUT2D eigenvalue weighted by Gasteiger charge is 2.55. The summed E-state index contributed by atoms with van der Waals surface area (Å²) in [6.45, 7) is 25.2. The van der Waals surface area contributed by atoms with E-state index in [0.717, 1.165) is 81.1 Å². The van der Waals surface area contributed by atoms with Crippen molar-refractivity contribution in [2.45, 2.75) is 65.2 Å². The number of likely N-dealkylation sites (tertiary alicyclic amines) is 1. The summed E-state index contributed by atoms with van der Waals surface area (Å²) in [7, 11) is 0. The molecule has 5 heteroatoms. The van der Waals surface area contributed by atoms with Crippen LogP contribution in [-0.2, 0) is 17.6 Å². The maximum absolute atomic E-state index is 6.45. The lowest BCUT2D eigenvalue weighted by atomic mass is 9.80. The molecule has 1 aromatic carbocycles. The SMILES string of the molecule is C=C.C=CC1(CN2CC3C(CNC(=C)c4cc(Cl)c(N)c5c4CCCC5)C3C2)CCOCC1.CCCC. The van der Waals surface area contributed by atoms with E-state index in [-0.39, 0.29) is 5.41 Å². The molecule has 37 heavy (non-hydrogen) atoms. The second kappa shape index (κ2) is 13.9. The van der Waals surface area contributed by atoms with Gasteiger partial charge in [-0.2, -0.15) is 0 Å². The highest BCUT2D eigenvalue weighted by Crippen LogP contribution is 2.52. The average Bonchev–Trinajstić information content (AvgIpc) is 3.41. The molecule has 2 aliphatic carbocycles. The first-order valence-electron chi connectivity index (χ1n) is 14.4. The normalized spacial score (nSPS) is 25.3. The fourth-order valence-electron chi connectivity index (χ4n) is 6.36. The number of benzene rings is 1. The van der Waals surface area contributed by atoms with Crippen molar-refractivity contribution in [2.75, 3.05) is 45.1 Å². The third kappa shape index (κ3) is 7.02. The van der Waals surface area contributed by atoms with Crippen molar-refractivity contribution in [2.24, 2.45) is 23.2 Å². The van der Waals surface area contributed by atoms with E-state index in [9.17, 15) is 0 Å². The maximum Gasteiger partial charge on any atom is 0.0645 e. The van der Waals surface area contributed by atoms with Crippen LogP contribution in [0.15, 0.2) is 38.5 Å². The maximum atomic E-state index is 6.45. The van der Waals surface area contributed by atoms with Crippen molar-refractivity contribution in [3.05, 3.63) is 60.2 Å². The lowest BCUT2D eigenvalue weighted by molar-refractivity contribution is 0.0210. The molecule has 5 rings (SSSR count). The van der Waals surface area contributed by atoms with Crippen molar-refractivity contribution in [1.82, 2.24) is 10.2 Å². The molecular formula is C32H50ClN3O. The van der Waals surface area contributed by atoms with E-state index in [1.54, 1.807) is 0 Å². The number of unbranched alkanes of at least 4 members (excludes halogenated alkanes) is 1. The number of nitrogen functional groups attached to an aromatic ring is 1. The second-order valence-corrected chi connectivity index (χ2v) is 11.6. The quantitative estimate of drug-likeness (QED) is 0.279. The first-order valence-corrected chi connectivity index (χ1v) is 14.8. The smallest absolute Gasteiger partial charge is 0.0645 e. The molecule has 0 bridgehead atoms. The standard InChI is InChI=1S/C26H36ClN3O.C4H10.C2H4/c1-3-26(8-10-31-11-9-26)16-30-14-22-21(23(22)15-30)13-29-17(2)20-12-24(27)25(28)19-7-5-4-6-18(19)20;1-3-4-2;1-2/h3,12,21-23,29H,1-2,4-11,13-16,28H2;3-4H2,1-2H3;1-2H2. The lowest BCUT2D eigenvalue weighted by Gasteiger charge is -2.38. The molecule has 4 aliphatic rings. The first kappa shape index (κ1) is 29.8. The van der Waals surface area contributed by atoms with Gasteiger partial charge in [0.1, 0.15) is 0 Å². The number of nitrogens with one attached hydrogen (secondary N) is 1. The molecule has 3 N–H and O–H groups in total. The molecule has 2 aliphatic heterocycles. The number of rotatable bonds is 8. The van der Waals surface area contributed by atoms with Crippen LogP contribution >= 0.6 is 11.6 Å². The number of nitrogens with zero attached hydrogens (tertiary/aromatic N) is 1. The fourth-order valence-corrected chi connectivity index (χ4v) is 6.58. The van der Waals surface area contributed by atoms with Crippen molar-refractivity contribution >= 4 is 23.0 Å². The van der Waals surface area contributed by atoms with E-state index in [4.69, 9.17) is 22.1 Å². The summed E-state index contributed by atoms with van der Waals surface area (Å²) in [4.78, 5) is 2.67.